The predicted molar refractivity (Wildman–Crippen MR) is 78.5 cm³/mol. The van der Waals surface area contributed by atoms with Gasteiger partial charge in [0.1, 0.15) is 0 Å². The molecule has 19 heavy (non-hydrogen) atoms. The fraction of sp³-hybridized carbons (Fsp3) is 0.250. The highest BCUT2D eigenvalue weighted by Crippen LogP contribution is 2.29. The first-order valence-corrected chi connectivity index (χ1v) is 7.94. The molecule has 0 spiro atoms. The van der Waals surface area contributed by atoms with E-state index in [9.17, 15) is 8.42 Å². The number of nitrogens with zero attached hydrogens (tertiary/aromatic N) is 2. The molecular formula is C12H15N3O2S2. The third-order valence-corrected chi connectivity index (χ3v) is 4.75. The lowest BCUT2D eigenvalue weighted by Gasteiger charge is -2.15. The molecule has 5 nitrogen and oxygen atoms in total. The summed E-state index contributed by atoms with van der Waals surface area (Å²) in [7, 11) is -0.548. The molecule has 7 heteroatoms. The van der Waals surface area contributed by atoms with Gasteiger partial charge < -0.3 is 0 Å². The fourth-order valence-corrected chi connectivity index (χ4v) is 2.76. The van der Waals surface area contributed by atoms with Gasteiger partial charge in [-0.15, -0.1) is 11.3 Å². The van der Waals surface area contributed by atoms with E-state index in [-0.39, 0.29) is 0 Å². The second kappa shape index (κ2) is 5.28. The summed E-state index contributed by atoms with van der Waals surface area (Å²) in [5.74, 6) is 0. The van der Waals surface area contributed by atoms with Crippen LogP contribution in [0.4, 0.5) is 5.69 Å². The molecular weight excluding hydrogens is 282 g/mol. The van der Waals surface area contributed by atoms with E-state index >= 15 is 0 Å². The summed E-state index contributed by atoms with van der Waals surface area (Å²) in [6.45, 7) is 1.92. The third-order valence-electron chi connectivity index (χ3n) is 2.54. The highest BCUT2D eigenvalue weighted by atomic mass is 32.2. The van der Waals surface area contributed by atoms with E-state index < -0.39 is 10.2 Å². The first-order chi connectivity index (χ1) is 8.90. The summed E-state index contributed by atoms with van der Waals surface area (Å²) in [6.07, 6.45) is 0. The van der Waals surface area contributed by atoms with Crippen LogP contribution in [0.15, 0.2) is 29.6 Å². The maximum absolute atomic E-state index is 11.9. The summed E-state index contributed by atoms with van der Waals surface area (Å²) < 4.78 is 27.5. The third kappa shape index (κ3) is 3.12. The molecule has 0 saturated carbocycles. The zero-order valence-electron chi connectivity index (χ0n) is 10.9. The highest BCUT2D eigenvalue weighted by molar-refractivity contribution is 7.90. The van der Waals surface area contributed by atoms with Gasteiger partial charge in [0.15, 0.2) is 0 Å². The monoisotopic (exact) mass is 297 g/mol. The Hall–Kier alpha value is -1.44. The second-order valence-electron chi connectivity index (χ2n) is 4.19. The first-order valence-electron chi connectivity index (χ1n) is 5.62. The fourth-order valence-electron chi connectivity index (χ4n) is 1.51. The molecule has 0 aliphatic carbocycles. The van der Waals surface area contributed by atoms with Crippen LogP contribution < -0.4 is 4.72 Å². The van der Waals surface area contributed by atoms with Crippen molar-refractivity contribution in [3.05, 3.63) is 34.7 Å². The molecule has 2 rings (SSSR count). The van der Waals surface area contributed by atoms with Crippen LogP contribution >= 0.6 is 11.3 Å². The molecule has 0 unspecified atom stereocenters. The summed E-state index contributed by atoms with van der Waals surface area (Å²) in [5.41, 5.74) is 2.08. The largest absolute Gasteiger partial charge is 0.301 e. The van der Waals surface area contributed by atoms with Gasteiger partial charge in [0.25, 0.3) is 0 Å². The van der Waals surface area contributed by atoms with Gasteiger partial charge >= 0.3 is 10.2 Å². The second-order valence-corrected chi connectivity index (χ2v) is 7.13. The number of hydrogen-bond donors (Lipinski definition) is 1. The minimum absolute atomic E-state index is 0.529. The summed E-state index contributed by atoms with van der Waals surface area (Å²) in [4.78, 5) is 4.39. The topological polar surface area (TPSA) is 62.3 Å². The molecule has 0 aliphatic rings. The van der Waals surface area contributed by atoms with Gasteiger partial charge in [-0.3, -0.25) is 4.72 Å². The number of hydrogen-bond acceptors (Lipinski definition) is 4. The molecule has 2 aromatic rings. The standard InChI is InChI=1S/C12H15N3O2S2/c1-9-13-12(8-18-9)10-6-4-5-7-11(10)14-19(16,17)15(2)3/h4-8,14H,1-3H3. The van der Waals surface area contributed by atoms with Crippen molar-refractivity contribution in [1.29, 1.82) is 0 Å². The van der Waals surface area contributed by atoms with Gasteiger partial charge in [-0.2, -0.15) is 12.7 Å². The van der Waals surface area contributed by atoms with Crippen LogP contribution in [0.3, 0.4) is 0 Å². The van der Waals surface area contributed by atoms with E-state index in [0.29, 0.717) is 5.69 Å². The van der Waals surface area contributed by atoms with Crippen molar-refractivity contribution >= 4 is 27.2 Å². The Balaban J connectivity index is 2.43. The van der Waals surface area contributed by atoms with Crippen LogP contribution in [-0.4, -0.2) is 31.8 Å². The number of aromatic nitrogens is 1. The van der Waals surface area contributed by atoms with Crippen molar-refractivity contribution in [3.8, 4) is 11.3 Å². The maximum Gasteiger partial charge on any atom is 0.301 e. The number of thiazole rings is 1. The number of para-hydroxylation sites is 1. The normalized spacial score (nSPS) is 11.8. The lowest BCUT2D eigenvalue weighted by molar-refractivity contribution is 0.527. The van der Waals surface area contributed by atoms with Crippen LogP contribution in [0.25, 0.3) is 11.3 Å². The van der Waals surface area contributed by atoms with Crippen LogP contribution in [0.5, 0.6) is 0 Å². The van der Waals surface area contributed by atoms with E-state index in [2.05, 4.69) is 9.71 Å². The summed E-state index contributed by atoms with van der Waals surface area (Å²) >= 11 is 1.53. The molecule has 0 atom stereocenters. The lowest BCUT2D eigenvalue weighted by Crippen LogP contribution is -2.29. The van der Waals surface area contributed by atoms with Gasteiger partial charge in [-0.25, -0.2) is 4.98 Å². The zero-order valence-corrected chi connectivity index (χ0v) is 12.5. The molecule has 0 amide bonds. The molecule has 1 aromatic carbocycles. The molecule has 0 aliphatic heterocycles. The predicted octanol–water partition coefficient (Wildman–Crippen LogP) is 2.34. The molecule has 0 fully saturated rings. The van der Waals surface area contributed by atoms with Gasteiger partial charge in [0.05, 0.1) is 16.4 Å². The van der Waals surface area contributed by atoms with Crippen molar-refractivity contribution in [2.75, 3.05) is 18.8 Å². The number of benzene rings is 1. The van der Waals surface area contributed by atoms with Crippen molar-refractivity contribution in [2.45, 2.75) is 6.92 Å². The van der Waals surface area contributed by atoms with Gasteiger partial charge in [0, 0.05) is 25.0 Å². The number of rotatable bonds is 4. The Bertz CT molecular complexity index is 678. The summed E-state index contributed by atoms with van der Waals surface area (Å²) in [6, 6.07) is 7.22. The van der Waals surface area contributed by atoms with Crippen molar-refractivity contribution in [1.82, 2.24) is 9.29 Å². The lowest BCUT2D eigenvalue weighted by atomic mass is 10.1. The van der Waals surface area contributed by atoms with Gasteiger partial charge in [-0.1, -0.05) is 18.2 Å². The Morgan fingerprint density at radius 2 is 1.95 bits per heavy atom. The van der Waals surface area contributed by atoms with Crippen molar-refractivity contribution in [2.24, 2.45) is 0 Å². The maximum atomic E-state index is 11.9. The smallest absolute Gasteiger partial charge is 0.270 e. The van der Waals surface area contributed by atoms with Crippen molar-refractivity contribution in [3.63, 3.8) is 0 Å². The van der Waals surface area contributed by atoms with E-state index in [0.717, 1.165) is 20.6 Å². The SMILES string of the molecule is Cc1nc(-c2ccccc2NS(=O)(=O)N(C)C)cs1. The number of nitrogens with one attached hydrogen (secondary N) is 1. The minimum atomic E-state index is -3.52. The molecule has 1 heterocycles. The van der Waals surface area contributed by atoms with Gasteiger partial charge in [-0.05, 0) is 13.0 Å². The first kappa shape index (κ1) is 14.0. The Labute approximate surface area is 117 Å². The molecule has 1 N–H and O–H groups in total. The van der Waals surface area contributed by atoms with E-state index in [1.807, 2.05) is 24.4 Å². The molecule has 0 bridgehead atoms. The van der Waals surface area contributed by atoms with E-state index in [1.165, 1.54) is 25.4 Å². The number of aryl methyl sites for hydroxylation is 1. The zero-order chi connectivity index (χ0) is 14.0. The molecule has 0 radical (unpaired) electrons. The number of anilines is 1. The van der Waals surface area contributed by atoms with Gasteiger partial charge in [0.2, 0.25) is 0 Å². The van der Waals surface area contributed by atoms with Crippen LogP contribution in [0.2, 0.25) is 0 Å². The molecule has 0 saturated heterocycles. The summed E-state index contributed by atoms with van der Waals surface area (Å²) in [5, 5.41) is 2.86. The highest BCUT2D eigenvalue weighted by Gasteiger charge is 2.16. The van der Waals surface area contributed by atoms with Crippen molar-refractivity contribution < 1.29 is 8.42 Å². The quantitative estimate of drug-likeness (QED) is 0.942. The Kier molecular flexibility index (Phi) is 3.88. The molecule has 102 valence electrons. The van der Waals surface area contributed by atoms with E-state index in [1.54, 1.807) is 12.1 Å². The van der Waals surface area contributed by atoms with E-state index in [4.69, 9.17) is 0 Å². The van der Waals surface area contributed by atoms with Crippen LogP contribution in [0, 0.1) is 6.92 Å². The van der Waals surface area contributed by atoms with Crippen LogP contribution in [-0.2, 0) is 10.2 Å². The average molecular weight is 297 g/mol. The Morgan fingerprint density at radius 3 is 2.53 bits per heavy atom. The Morgan fingerprint density at radius 1 is 1.26 bits per heavy atom. The average Bonchev–Trinajstić information content (AvgIpc) is 2.76. The van der Waals surface area contributed by atoms with Crippen LogP contribution in [0.1, 0.15) is 5.01 Å². The molecule has 1 aromatic heterocycles. The minimum Gasteiger partial charge on any atom is -0.270 e.